The van der Waals surface area contributed by atoms with E-state index < -0.39 is 11.2 Å². The maximum atomic E-state index is 12.4. The molecule has 0 aliphatic carbocycles. The summed E-state index contributed by atoms with van der Waals surface area (Å²) in [6, 6.07) is 7.38. The average molecular weight is 292 g/mol. The summed E-state index contributed by atoms with van der Waals surface area (Å²) in [5.41, 5.74) is 6.68. The fourth-order valence-corrected chi connectivity index (χ4v) is 2.32. The lowest BCUT2D eigenvalue weighted by Crippen LogP contribution is -2.43. The Hall–Kier alpha value is -1.59. The fourth-order valence-electron chi connectivity index (χ4n) is 2.32. The van der Waals surface area contributed by atoms with Crippen LogP contribution in [0.5, 0.6) is 0 Å². The van der Waals surface area contributed by atoms with E-state index in [2.05, 4.69) is 5.32 Å². The number of rotatable bonds is 4. The van der Waals surface area contributed by atoms with E-state index in [0.717, 1.165) is 5.56 Å². The number of carbonyl (C=O) groups excluding carboxylic acids is 1. The molecule has 1 aliphatic heterocycles. The normalized spacial score (nSPS) is 21.2. The molecule has 0 saturated carbocycles. The number of anilines is 1. The summed E-state index contributed by atoms with van der Waals surface area (Å²) < 4.78 is 11.2. The number of nitrogens with two attached hydrogens (primary N) is 1. The minimum Gasteiger partial charge on any atom is -0.399 e. The highest BCUT2D eigenvalue weighted by Gasteiger charge is 2.34. The quantitative estimate of drug-likeness (QED) is 0.830. The van der Waals surface area contributed by atoms with E-state index in [9.17, 15) is 4.79 Å². The van der Waals surface area contributed by atoms with Crippen molar-refractivity contribution in [3.8, 4) is 0 Å². The van der Waals surface area contributed by atoms with Crippen LogP contribution in [-0.2, 0) is 19.7 Å². The van der Waals surface area contributed by atoms with Crippen molar-refractivity contribution in [2.24, 2.45) is 0 Å². The van der Waals surface area contributed by atoms with Crippen LogP contribution in [0.25, 0.3) is 0 Å². The van der Waals surface area contributed by atoms with Crippen molar-refractivity contribution >= 4 is 11.6 Å². The molecule has 0 bridgehead atoms. The molecular weight excluding hydrogens is 268 g/mol. The monoisotopic (exact) mass is 292 g/mol. The summed E-state index contributed by atoms with van der Waals surface area (Å²) in [6.07, 6.45) is -0.105. The Bertz CT molecular complexity index is 509. The Morgan fingerprint density at radius 3 is 2.52 bits per heavy atom. The molecule has 2 rings (SSSR count). The number of ether oxygens (including phenoxy) is 2. The molecule has 1 aromatic carbocycles. The number of hydrogen-bond donors (Lipinski definition) is 2. The highest BCUT2D eigenvalue weighted by atomic mass is 16.7. The molecule has 3 N–H and O–H groups in total. The first-order valence-electron chi connectivity index (χ1n) is 7.17. The number of hydrogen-bond acceptors (Lipinski definition) is 4. The summed E-state index contributed by atoms with van der Waals surface area (Å²) in [5, 5.41) is 2.94. The van der Waals surface area contributed by atoms with Gasteiger partial charge in [0, 0.05) is 12.2 Å². The van der Waals surface area contributed by atoms with Gasteiger partial charge in [0.25, 0.3) is 0 Å². The van der Waals surface area contributed by atoms with Gasteiger partial charge in [-0.15, -0.1) is 0 Å². The number of nitrogen functional groups attached to an aromatic ring is 1. The Balaban J connectivity index is 1.94. The van der Waals surface area contributed by atoms with Crippen molar-refractivity contribution in [2.75, 3.05) is 18.9 Å². The van der Waals surface area contributed by atoms with Crippen LogP contribution in [0.15, 0.2) is 24.3 Å². The second-order valence-electron chi connectivity index (χ2n) is 6.41. The van der Waals surface area contributed by atoms with Crippen molar-refractivity contribution < 1.29 is 14.3 Å². The van der Waals surface area contributed by atoms with Gasteiger partial charge in [0.2, 0.25) is 5.91 Å². The molecular formula is C16H24N2O3. The van der Waals surface area contributed by atoms with E-state index in [1.165, 1.54) is 0 Å². The number of benzene rings is 1. The molecule has 1 heterocycles. The zero-order valence-electron chi connectivity index (χ0n) is 13.1. The van der Waals surface area contributed by atoms with E-state index >= 15 is 0 Å². The van der Waals surface area contributed by atoms with Crippen molar-refractivity contribution in [1.82, 2.24) is 5.32 Å². The summed E-state index contributed by atoms with van der Waals surface area (Å²) in [6.45, 7) is 8.46. The first-order valence-corrected chi connectivity index (χ1v) is 7.17. The second kappa shape index (κ2) is 5.66. The van der Waals surface area contributed by atoms with Crippen molar-refractivity contribution in [3.63, 3.8) is 0 Å². The van der Waals surface area contributed by atoms with Crippen LogP contribution in [0.3, 0.4) is 0 Å². The van der Waals surface area contributed by atoms with Gasteiger partial charge in [-0.05, 0) is 45.4 Å². The highest BCUT2D eigenvalue weighted by Crippen LogP contribution is 2.25. The molecule has 1 saturated heterocycles. The molecule has 0 aromatic heterocycles. The molecule has 116 valence electrons. The third-order valence-corrected chi connectivity index (χ3v) is 3.76. The van der Waals surface area contributed by atoms with Gasteiger partial charge in [-0.2, -0.15) is 0 Å². The van der Waals surface area contributed by atoms with Crippen LogP contribution in [0.4, 0.5) is 5.69 Å². The zero-order valence-corrected chi connectivity index (χ0v) is 13.1. The summed E-state index contributed by atoms with van der Waals surface area (Å²) in [4.78, 5) is 12.4. The second-order valence-corrected chi connectivity index (χ2v) is 6.41. The van der Waals surface area contributed by atoms with Crippen LogP contribution < -0.4 is 11.1 Å². The number of amides is 1. The SMILES string of the molecule is CC1(C)OCC(CNC(=O)C(C)(C)c2ccc(N)cc2)O1. The minimum absolute atomic E-state index is 0.0411. The van der Waals surface area contributed by atoms with Crippen LogP contribution in [0.2, 0.25) is 0 Å². The lowest BCUT2D eigenvalue weighted by atomic mass is 9.83. The summed E-state index contributed by atoms with van der Waals surface area (Å²) in [5.74, 6) is -0.609. The molecule has 1 aromatic rings. The zero-order chi connectivity index (χ0) is 15.7. The van der Waals surface area contributed by atoms with Gasteiger partial charge < -0.3 is 20.5 Å². The molecule has 1 atom stereocenters. The van der Waals surface area contributed by atoms with Crippen LogP contribution in [0, 0.1) is 0 Å². The number of carbonyl (C=O) groups is 1. The third-order valence-electron chi connectivity index (χ3n) is 3.76. The van der Waals surface area contributed by atoms with E-state index in [1.54, 1.807) is 12.1 Å². The molecule has 1 unspecified atom stereocenters. The van der Waals surface area contributed by atoms with Crippen molar-refractivity contribution in [3.05, 3.63) is 29.8 Å². The smallest absolute Gasteiger partial charge is 0.230 e. The molecule has 1 amide bonds. The molecule has 5 nitrogen and oxygen atoms in total. The largest absolute Gasteiger partial charge is 0.399 e. The minimum atomic E-state index is -0.622. The van der Waals surface area contributed by atoms with Crippen molar-refractivity contribution in [1.29, 1.82) is 0 Å². The van der Waals surface area contributed by atoms with Gasteiger partial charge >= 0.3 is 0 Å². The third kappa shape index (κ3) is 3.74. The molecule has 0 spiro atoms. The lowest BCUT2D eigenvalue weighted by Gasteiger charge is -2.25. The standard InChI is InChI=1S/C16H24N2O3/c1-15(2,11-5-7-12(17)8-6-11)14(19)18-9-13-10-20-16(3,4)21-13/h5-8,13H,9-10,17H2,1-4H3,(H,18,19). The maximum Gasteiger partial charge on any atom is 0.230 e. The van der Waals surface area contributed by atoms with E-state index in [-0.39, 0.29) is 12.0 Å². The maximum absolute atomic E-state index is 12.4. The molecule has 21 heavy (non-hydrogen) atoms. The first kappa shape index (κ1) is 15.8. The molecule has 1 fully saturated rings. The van der Waals surface area contributed by atoms with Gasteiger partial charge in [0.15, 0.2) is 5.79 Å². The Kier molecular flexibility index (Phi) is 4.25. The Labute approximate surface area is 125 Å². The van der Waals surface area contributed by atoms with Gasteiger partial charge in [-0.25, -0.2) is 0 Å². The van der Waals surface area contributed by atoms with E-state index in [4.69, 9.17) is 15.2 Å². The lowest BCUT2D eigenvalue weighted by molar-refractivity contribution is -0.140. The van der Waals surface area contributed by atoms with E-state index in [1.807, 2.05) is 39.8 Å². The number of nitrogens with one attached hydrogen (secondary N) is 1. The molecule has 0 radical (unpaired) electrons. The average Bonchev–Trinajstić information content (AvgIpc) is 2.76. The summed E-state index contributed by atoms with van der Waals surface area (Å²) in [7, 11) is 0. The van der Waals surface area contributed by atoms with Gasteiger partial charge in [-0.3, -0.25) is 4.79 Å². The topological polar surface area (TPSA) is 73.6 Å². The predicted molar refractivity (Wildman–Crippen MR) is 81.8 cm³/mol. The van der Waals surface area contributed by atoms with Crippen LogP contribution in [0.1, 0.15) is 33.3 Å². The summed E-state index contributed by atoms with van der Waals surface area (Å²) >= 11 is 0. The molecule has 5 heteroatoms. The molecule has 1 aliphatic rings. The Morgan fingerprint density at radius 1 is 1.38 bits per heavy atom. The predicted octanol–water partition coefficient (Wildman–Crippen LogP) is 1.81. The van der Waals surface area contributed by atoms with E-state index in [0.29, 0.717) is 18.8 Å². The Morgan fingerprint density at radius 2 is 2.00 bits per heavy atom. The van der Waals surface area contributed by atoms with Crippen LogP contribution in [-0.4, -0.2) is 30.9 Å². The van der Waals surface area contributed by atoms with Crippen molar-refractivity contribution in [2.45, 2.75) is 45.0 Å². The highest BCUT2D eigenvalue weighted by molar-refractivity contribution is 5.87. The first-order chi connectivity index (χ1) is 9.71. The fraction of sp³-hybridized carbons (Fsp3) is 0.562. The van der Waals surface area contributed by atoms with Gasteiger partial charge in [0.05, 0.1) is 12.0 Å². The van der Waals surface area contributed by atoms with Gasteiger partial charge in [-0.1, -0.05) is 12.1 Å². The van der Waals surface area contributed by atoms with Crippen LogP contribution >= 0.6 is 0 Å². The van der Waals surface area contributed by atoms with Gasteiger partial charge in [0.1, 0.15) is 6.10 Å².